The van der Waals surface area contributed by atoms with Gasteiger partial charge in [-0.25, -0.2) is 0 Å². The first-order valence-corrected chi connectivity index (χ1v) is 25.8. The molecule has 0 saturated carbocycles. The monoisotopic (exact) mass is 1050 g/mol. The first kappa shape index (κ1) is 67.5. The number of piperazine rings is 3. The lowest BCUT2D eigenvalue weighted by Gasteiger charge is -2.37. The minimum Gasteiger partial charge on any atom is -0.390 e. The molecule has 70 heavy (non-hydrogen) atoms. The van der Waals surface area contributed by atoms with E-state index in [0.717, 1.165) is 58.9 Å². The molecule has 24 heteroatoms. The van der Waals surface area contributed by atoms with Gasteiger partial charge in [-0.05, 0) is 63.1 Å². The maximum absolute atomic E-state index is 12.2. The lowest BCUT2D eigenvalue weighted by molar-refractivity contribution is -0.132. The number of hydrogen-bond donors (Lipinski definition) is 9. The van der Waals surface area contributed by atoms with Crippen LogP contribution in [0.3, 0.4) is 0 Å². The summed E-state index contributed by atoms with van der Waals surface area (Å²) in [4.78, 5) is 89.3. The Morgan fingerprint density at radius 2 is 0.686 bits per heavy atom. The van der Waals surface area contributed by atoms with Crippen molar-refractivity contribution in [2.75, 3.05) is 140 Å². The van der Waals surface area contributed by atoms with Crippen LogP contribution in [0.15, 0.2) is 0 Å². The molecule has 9 unspecified atom stereocenters. The van der Waals surface area contributed by atoms with Crippen LogP contribution in [0.2, 0.25) is 0 Å². The molecule has 0 aromatic rings. The molecule has 3 heterocycles. The van der Waals surface area contributed by atoms with Gasteiger partial charge in [0.2, 0.25) is 35.4 Å². The predicted octanol–water partition coefficient (Wildman–Crippen LogP) is -1.69. The zero-order valence-corrected chi connectivity index (χ0v) is 46.3. The molecule has 3 fully saturated rings. The fourth-order valence-electron chi connectivity index (χ4n) is 7.61. The van der Waals surface area contributed by atoms with E-state index in [9.17, 15) is 44.1 Å². The van der Waals surface area contributed by atoms with E-state index >= 15 is 0 Å². The zero-order chi connectivity index (χ0) is 52.7. The first-order chi connectivity index (χ1) is 32.2. The quantitative estimate of drug-likeness (QED) is 0.0462. The zero-order valence-electron chi connectivity index (χ0n) is 43.6. The third-order valence-corrected chi connectivity index (χ3v) is 14.4. The average Bonchev–Trinajstić information content (AvgIpc) is 3.29. The maximum Gasteiger partial charge on any atom is 0.225 e. The molecule has 0 radical (unpaired) electrons. The van der Waals surface area contributed by atoms with Crippen LogP contribution in [-0.4, -0.2) is 289 Å². The Bertz CT molecular complexity index is 1410. The van der Waals surface area contributed by atoms with Crippen LogP contribution in [0.4, 0.5) is 0 Å². The van der Waals surface area contributed by atoms with Gasteiger partial charge in [-0.3, -0.25) is 28.8 Å². The summed E-state index contributed by atoms with van der Waals surface area (Å²) in [6, 6.07) is -0.871. The smallest absolute Gasteiger partial charge is 0.225 e. The van der Waals surface area contributed by atoms with Crippen molar-refractivity contribution in [2.45, 2.75) is 121 Å². The van der Waals surface area contributed by atoms with E-state index in [2.05, 4.69) is 83.2 Å². The number of hydrogen-bond acceptors (Lipinski definition) is 18. The van der Waals surface area contributed by atoms with E-state index < -0.39 is 36.4 Å². The molecule has 6 N–H and O–H groups in total. The highest BCUT2D eigenvalue weighted by atomic mass is 32.1. The highest BCUT2D eigenvalue weighted by molar-refractivity contribution is 7.80. The fraction of sp³-hybridized carbons (Fsp3) is 0.870. The second kappa shape index (κ2) is 34.8. The number of thiol groups is 3. The van der Waals surface area contributed by atoms with E-state index in [1.54, 1.807) is 41.9 Å². The number of nitrogens with one attached hydrogen (secondary N) is 3. The molecule has 0 bridgehead atoms. The van der Waals surface area contributed by atoms with Crippen molar-refractivity contribution in [1.82, 2.24) is 60.0 Å². The number of likely N-dealkylation sites (N-methyl/N-ethyl adjacent to an activating group) is 6. The summed E-state index contributed by atoms with van der Waals surface area (Å²) in [5, 5.41) is 38.6. The van der Waals surface area contributed by atoms with Gasteiger partial charge in [-0.15, -0.1) is 0 Å². The minimum absolute atomic E-state index is 0. The first-order valence-electron chi connectivity index (χ1n) is 23.9. The number of carbonyl (C=O) groups excluding carboxylic acids is 6. The van der Waals surface area contributed by atoms with Crippen molar-refractivity contribution >= 4 is 73.3 Å². The van der Waals surface area contributed by atoms with Crippen molar-refractivity contribution in [3.8, 4) is 0 Å². The van der Waals surface area contributed by atoms with Crippen LogP contribution in [0, 0.1) is 0 Å². The van der Waals surface area contributed by atoms with E-state index in [-0.39, 0.29) is 80.3 Å². The normalized spacial score (nSPS) is 22.1. The number of nitrogens with zero attached hydrogens (tertiary/aromatic N) is 9. The Morgan fingerprint density at radius 3 is 0.886 bits per heavy atom. The number of amides is 6. The Labute approximate surface area is 436 Å². The highest BCUT2D eigenvalue weighted by Gasteiger charge is 2.30. The van der Waals surface area contributed by atoms with E-state index in [1.807, 2.05) is 42.3 Å². The lowest BCUT2D eigenvalue weighted by atomic mass is 10.1. The van der Waals surface area contributed by atoms with Crippen molar-refractivity contribution in [3.63, 3.8) is 0 Å². The van der Waals surface area contributed by atoms with Crippen LogP contribution in [0.1, 0.15) is 66.7 Å². The standard InChI is InChI=1S/3C15H30N4O3S.CH4/c3*1-11(13(20)8-15(22)19(4)10-23)16-14(21)7-12-9-17(2)5-6-18(12)3;/h3*11-13,20,23H,5-10H2,1-4H3,(H,16,21);1H4. The largest absolute Gasteiger partial charge is 0.390 e. The van der Waals surface area contributed by atoms with Crippen molar-refractivity contribution in [2.24, 2.45) is 0 Å². The third-order valence-electron chi connectivity index (χ3n) is 13.2. The average molecular weight is 1060 g/mol. The SMILES string of the molecule is C.CC(NC(=O)CC1CN(C)CCN1C)C(O)CC(=O)N(C)CS.CC(NC(=O)CC1CN(C)CCN1C)C(O)CC(=O)N(C)CS.CC(NC(=O)CC1CN(C)CCN1C)C(O)CC(=O)N(C)CS. The number of carbonyl (C=O) groups is 6. The Hall–Kier alpha value is -2.49. The summed E-state index contributed by atoms with van der Waals surface area (Å²) in [7, 11) is 17.1. The molecule has 0 aromatic carbocycles. The van der Waals surface area contributed by atoms with Gasteiger partial charge in [0.25, 0.3) is 0 Å². The second-order valence-corrected chi connectivity index (χ2v) is 20.2. The maximum atomic E-state index is 12.2. The molecule has 3 rings (SSSR count). The van der Waals surface area contributed by atoms with Crippen LogP contribution < -0.4 is 16.0 Å². The molecule has 3 aliphatic heterocycles. The predicted molar refractivity (Wildman–Crippen MR) is 287 cm³/mol. The van der Waals surface area contributed by atoms with Gasteiger partial charge in [0.15, 0.2) is 0 Å². The molecule has 9 atom stereocenters. The van der Waals surface area contributed by atoms with Gasteiger partial charge in [0.05, 0.1) is 73.3 Å². The van der Waals surface area contributed by atoms with E-state index in [0.29, 0.717) is 36.9 Å². The number of aliphatic hydroxyl groups is 3. The van der Waals surface area contributed by atoms with Gasteiger partial charge < -0.3 is 75.4 Å². The molecule has 3 aliphatic rings. The third kappa shape index (κ3) is 25.9. The Kier molecular flexibility index (Phi) is 33.6. The van der Waals surface area contributed by atoms with Crippen LogP contribution in [0.25, 0.3) is 0 Å². The van der Waals surface area contributed by atoms with Gasteiger partial charge in [-0.2, -0.15) is 37.9 Å². The molecule has 6 amide bonds. The highest BCUT2D eigenvalue weighted by Crippen LogP contribution is 2.14. The molecular formula is C46H94N12O9S3. The van der Waals surface area contributed by atoms with E-state index in [4.69, 9.17) is 0 Å². The Morgan fingerprint density at radius 1 is 0.471 bits per heavy atom. The van der Waals surface area contributed by atoms with Crippen LogP contribution >= 0.6 is 37.9 Å². The van der Waals surface area contributed by atoms with Crippen LogP contribution in [-0.2, 0) is 28.8 Å². The topological polar surface area (TPSA) is 228 Å². The summed E-state index contributed by atoms with van der Waals surface area (Å²) in [6.07, 6.45) is -1.60. The van der Waals surface area contributed by atoms with Gasteiger partial charge >= 0.3 is 0 Å². The molecule has 21 nitrogen and oxygen atoms in total. The summed E-state index contributed by atoms with van der Waals surface area (Å²) in [5.74, 6) is 0.0259. The summed E-state index contributed by atoms with van der Waals surface area (Å²) < 4.78 is 0. The molecule has 410 valence electrons. The van der Waals surface area contributed by atoms with Gasteiger partial charge in [0.1, 0.15) is 0 Å². The summed E-state index contributed by atoms with van der Waals surface area (Å²) in [6.45, 7) is 13.5. The fourth-order valence-corrected chi connectivity index (χ4v) is 8.08. The molecule has 0 aliphatic carbocycles. The van der Waals surface area contributed by atoms with Gasteiger partial charge in [0, 0.05) is 117 Å². The van der Waals surface area contributed by atoms with Crippen molar-refractivity contribution in [1.29, 1.82) is 0 Å². The summed E-state index contributed by atoms with van der Waals surface area (Å²) >= 11 is 12.1. The number of aliphatic hydroxyl groups excluding tert-OH is 3. The van der Waals surface area contributed by atoms with Crippen LogP contribution in [0.5, 0.6) is 0 Å². The molecule has 0 aromatic heterocycles. The molecule has 3 saturated heterocycles. The lowest BCUT2D eigenvalue weighted by Crippen LogP contribution is -2.52. The minimum atomic E-state index is -0.902. The second-order valence-electron chi connectivity index (χ2n) is 19.4. The van der Waals surface area contributed by atoms with Gasteiger partial charge in [-0.1, -0.05) is 7.43 Å². The van der Waals surface area contributed by atoms with E-state index in [1.165, 1.54) is 14.7 Å². The van der Waals surface area contributed by atoms with Crippen molar-refractivity contribution in [3.05, 3.63) is 0 Å². The molecular weight excluding hydrogens is 961 g/mol. The van der Waals surface area contributed by atoms with Crippen molar-refractivity contribution < 1.29 is 44.1 Å². The summed E-state index contributed by atoms with van der Waals surface area (Å²) in [5.41, 5.74) is 0. The number of rotatable bonds is 21. The molecule has 0 spiro atoms. The Balaban J connectivity index is 0.00000101.